The summed E-state index contributed by atoms with van der Waals surface area (Å²) in [6, 6.07) is 18.9. The standard InChI is InChI=1S/C28H21ClF2N2O3/c1-16-12-20(10-11-32-16)27(33-36)15-24(22-9-7-21(29)14-26(22)31)18-4-2-17(3-5-18)19-6-8-23(28(34)35)25(30)13-19/h2-14,24,36H,15H2,1H3,(H,34,35)/t24-/m1/s1. The van der Waals surface area contributed by atoms with E-state index in [-0.39, 0.29) is 11.4 Å². The third kappa shape index (κ3) is 5.42. The Morgan fingerprint density at radius 1 is 0.972 bits per heavy atom. The van der Waals surface area contributed by atoms with E-state index in [1.54, 1.807) is 54.7 Å². The van der Waals surface area contributed by atoms with Crippen LogP contribution in [0.4, 0.5) is 8.78 Å². The quantitative estimate of drug-likeness (QED) is 0.159. The van der Waals surface area contributed by atoms with Crippen molar-refractivity contribution < 1.29 is 23.9 Å². The first-order chi connectivity index (χ1) is 17.3. The summed E-state index contributed by atoms with van der Waals surface area (Å²) in [6.07, 6.45) is 1.79. The van der Waals surface area contributed by atoms with Gasteiger partial charge in [0.15, 0.2) is 0 Å². The fourth-order valence-electron chi connectivity index (χ4n) is 4.10. The van der Waals surface area contributed by atoms with Gasteiger partial charge in [0.25, 0.3) is 0 Å². The molecule has 1 atom stereocenters. The van der Waals surface area contributed by atoms with Gasteiger partial charge in [-0.05, 0) is 65.6 Å². The molecule has 0 aliphatic rings. The first-order valence-corrected chi connectivity index (χ1v) is 11.4. The van der Waals surface area contributed by atoms with E-state index in [1.165, 1.54) is 18.2 Å². The smallest absolute Gasteiger partial charge is 0.338 e. The maximum atomic E-state index is 15.0. The Kier molecular flexibility index (Phi) is 7.41. The summed E-state index contributed by atoms with van der Waals surface area (Å²) in [5, 5.41) is 22.6. The van der Waals surface area contributed by atoms with E-state index in [0.717, 1.165) is 17.3 Å². The van der Waals surface area contributed by atoms with Crippen LogP contribution < -0.4 is 0 Å². The lowest BCUT2D eigenvalue weighted by Crippen LogP contribution is -2.12. The van der Waals surface area contributed by atoms with Crippen LogP contribution in [0.3, 0.4) is 0 Å². The van der Waals surface area contributed by atoms with Crippen molar-refractivity contribution >= 4 is 23.3 Å². The van der Waals surface area contributed by atoms with Gasteiger partial charge in [-0.1, -0.05) is 53.2 Å². The summed E-state index contributed by atoms with van der Waals surface area (Å²) in [4.78, 5) is 15.3. The molecule has 0 aliphatic heterocycles. The normalized spacial score (nSPS) is 12.4. The number of carboxylic acid groups (broad SMARTS) is 1. The van der Waals surface area contributed by atoms with Gasteiger partial charge in [0.2, 0.25) is 0 Å². The van der Waals surface area contributed by atoms with Gasteiger partial charge in [-0.3, -0.25) is 4.98 Å². The molecule has 36 heavy (non-hydrogen) atoms. The van der Waals surface area contributed by atoms with Crippen LogP contribution in [-0.2, 0) is 0 Å². The van der Waals surface area contributed by atoms with Crippen LogP contribution in [0, 0.1) is 18.6 Å². The van der Waals surface area contributed by atoms with E-state index >= 15 is 4.39 Å². The summed E-state index contributed by atoms with van der Waals surface area (Å²) in [6.45, 7) is 1.82. The highest BCUT2D eigenvalue weighted by atomic mass is 35.5. The van der Waals surface area contributed by atoms with Gasteiger partial charge in [0.05, 0.1) is 11.3 Å². The van der Waals surface area contributed by atoms with Gasteiger partial charge in [-0.25, -0.2) is 13.6 Å². The first-order valence-electron chi connectivity index (χ1n) is 11.0. The minimum Gasteiger partial charge on any atom is -0.478 e. The molecule has 5 nitrogen and oxygen atoms in total. The van der Waals surface area contributed by atoms with Crippen molar-refractivity contribution in [3.05, 3.63) is 124 Å². The molecule has 4 rings (SSSR count). The van der Waals surface area contributed by atoms with Crippen molar-refractivity contribution in [2.24, 2.45) is 5.16 Å². The third-order valence-electron chi connectivity index (χ3n) is 5.93. The van der Waals surface area contributed by atoms with E-state index < -0.39 is 29.1 Å². The number of aromatic nitrogens is 1. The second-order valence-electron chi connectivity index (χ2n) is 8.28. The Balaban J connectivity index is 1.73. The lowest BCUT2D eigenvalue weighted by molar-refractivity contribution is 0.0692. The number of nitrogens with zero attached hydrogens (tertiary/aromatic N) is 2. The zero-order valence-electron chi connectivity index (χ0n) is 19.1. The summed E-state index contributed by atoms with van der Waals surface area (Å²) in [5.74, 6) is -3.19. The second kappa shape index (κ2) is 10.7. The van der Waals surface area contributed by atoms with Gasteiger partial charge in [0.1, 0.15) is 11.6 Å². The van der Waals surface area contributed by atoms with Crippen molar-refractivity contribution in [3.63, 3.8) is 0 Å². The van der Waals surface area contributed by atoms with E-state index in [0.29, 0.717) is 28.0 Å². The molecular formula is C28H21ClF2N2O3. The second-order valence-corrected chi connectivity index (χ2v) is 8.71. The molecule has 182 valence electrons. The number of rotatable bonds is 7. The number of hydrogen-bond acceptors (Lipinski definition) is 4. The molecular weight excluding hydrogens is 486 g/mol. The molecule has 0 spiro atoms. The SMILES string of the molecule is Cc1cc(C(C[C@H](c2ccc(-c3ccc(C(=O)O)c(F)c3)cc2)c2ccc(Cl)cc2F)=NO)ccn1. The summed E-state index contributed by atoms with van der Waals surface area (Å²) >= 11 is 5.97. The lowest BCUT2D eigenvalue weighted by Gasteiger charge is -2.20. The maximum Gasteiger partial charge on any atom is 0.338 e. The topological polar surface area (TPSA) is 82.8 Å². The summed E-state index contributed by atoms with van der Waals surface area (Å²) in [5.41, 5.74) is 3.62. The van der Waals surface area contributed by atoms with Crippen molar-refractivity contribution in [1.29, 1.82) is 0 Å². The van der Waals surface area contributed by atoms with Crippen molar-refractivity contribution in [3.8, 4) is 11.1 Å². The monoisotopic (exact) mass is 506 g/mol. The largest absolute Gasteiger partial charge is 0.478 e. The Morgan fingerprint density at radius 2 is 1.69 bits per heavy atom. The molecule has 2 N–H and O–H groups in total. The number of aryl methyl sites for hydroxylation is 1. The molecule has 3 aromatic carbocycles. The fraction of sp³-hybridized carbons (Fsp3) is 0.107. The number of hydrogen-bond donors (Lipinski definition) is 2. The molecule has 4 aromatic rings. The summed E-state index contributed by atoms with van der Waals surface area (Å²) in [7, 11) is 0. The zero-order valence-corrected chi connectivity index (χ0v) is 19.9. The Labute approximate surface area is 211 Å². The van der Waals surface area contributed by atoms with Gasteiger partial charge < -0.3 is 10.3 Å². The van der Waals surface area contributed by atoms with Crippen LogP contribution in [0.1, 0.15) is 45.1 Å². The number of carbonyl (C=O) groups is 1. The molecule has 0 saturated carbocycles. The Morgan fingerprint density at radius 3 is 2.31 bits per heavy atom. The Hall–Kier alpha value is -4.10. The van der Waals surface area contributed by atoms with Gasteiger partial charge in [-0.2, -0.15) is 0 Å². The first kappa shape index (κ1) is 25.0. The molecule has 0 radical (unpaired) electrons. The number of halogens is 3. The molecule has 0 unspecified atom stereocenters. The molecule has 0 aliphatic carbocycles. The minimum absolute atomic E-state index is 0.180. The highest BCUT2D eigenvalue weighted by Crippen LogP contribution is 2.34. The highest BCUT2D eigenvalue weighted by Gasteiger charge is 2.22. The predicted molar refractivity (Wildman–Crippen MR) is 134 cm³/mol. The van der Waals surface area contributed by atoms with Crippen LogP contribution in [0.2, 0.25) is 5.02 Å². The molecule has 0 saturated heterocycles. The van der Waals surface area contributed by atoms with Crippen molar-refractivity contribution in [2.45, 2.75) is 19.3 Å². The summed E-state index contributed by atoms with van der Waals surface area (Å²) < 4.78 is 29.2. The average Bonchev–Trinajstić information content (AvgIpc) is 2.85. The highest BCUT2D eigenvalue weighted by molar-refractivity contribution is 6.30. The molecule has 1 heterocycles. The number of benzene rings is 3. The molecule has 0 bridgehead atoms. The fourth-order valence-corrected chi connectivity index (χ4v) is 4.26. The zero-order chi connectivity index (χ0) is 25.8. The van der Waals surface area contributed by atoms with E-state index in [4.69, 9.17) is 16.7 Å². The van der Waals surface area contributed by atoms with Crippen LogP contribution >= 0.6 is 11.6 Å². The molecule has 1 aromatic heterocycles. The molecule has 8 heteroatoms. The Bertz CT molecular complexity index is 1460. The van der Waals surface area contributed by atoms with Crippen molar-refractivity contribution in [2.75, 3.05) is 0 Å². The third-order valence-corrected chi connectivity index (χ3v) is 6.17. The van der Waals surface area contributed by atoms with Crippen LogP contribution in [0.15, 0.2) is 84.1 Å². The number of carboxylic acids is 1. The van der Waals surface area contributed by atoms with Gasteiger partial charge >= 0.3 is 5.97 Å². The number of oxime groups is 1. The minimum atomic E-state index is -1.34. The van der Waals surface area contributed by atoms with E-state index in [2.05, 4.69) is 10.1 Å². The van der Waals surface area contributed by atoms with Crippen molar-refractivity contribution in [1.82, 2.24) is 4.98 Å². The number of aromatic carboxylic acids is 1. The predicted octanol–water partition coefficient (Wildman–Crippen LogP) is 7.09. The van der Waals surface area contributed by atoms with E-state index in [9.17, 15) is 14.4 Å². The average molecular weight is 507 g/mol. The van der Waals surface area contributed by atoms with Gasteiger partial charge in [-0.15, -0.1) is 0 Å². The molecule has 0 amide bonds. The lowest BCUT2D eigenvalue weighted by atomic mass is 9.84. The maximum absolute atomic E-state index is 15.0. The van der Waals surface area contributed by atoms with Crippen LogP contribution in [0.25, 0.3) is 11.1 Å². The van der Waals surface area contributed by atoms with E-state index in [1.807, 2.05) is 6.92 Å². The number of pyridine rings is 1. The van der Waals surface area contributed by atoms with Gasteiger partial charge in [0, 0.05) is 34.8 Å². The van der Waals surface area contributed by atoms with Crippen LogP contribution in [0.5, 0.6) is 0 Å². The van der Waals surface area contributed by atoms with Crippen LogP contribution in [-0.4, -0.2) is 27.0 Å². The molecule has 0 fully saturated rings.